The van der Waals surface area contributed by atoms with E-state index in [9.17, 15) is 9.59 Å². The summed E-state index contributed by atoms with van der Waals surface area (Å²) in [5.74, 6) is 3.19. The Morgan fingerprint density at radius 3 is 2.64 bits per heavy atom. The Bertz CT molecular complexity index is 982. The molecule has 2 aromatic rings. The van der Waals surface area contributed by atoms with Crippen molar-refractivity contribution in [1.29, 1.82) is 0 Å². The molecule has 0 aliphatic carbocycles. The second kappa shape index (κ2) is 9.17. The second-order valence-corrected chi connectivity index (χ2v) is 7.76. The van der Waals surface area contributed by atoms with Crippen molar-refractivity contribution in [3.8, 4) is 23.8 Å². The number of hydrogen-bond acceptors (Lipinski definition) is 5. The summed E-state index contributed by atoms with van der Waals surface area (Å²) >= 11 is 3.04. The summed E-state index contributed by atoms with van der Waals surface area (Å²) in [7, 11) is 0. The van der Waals surface area contributed by atoms with Gasteiger partial charge in [0.05, 0.1) is 20.8 Å². The zero-order valence-corrected chi connectivity index (χ0v) is 18.0. The van der Waals surface area contributed by atoms with E-state index in [0.717, 1.165) is 20.9 Å². The first kappa shape index (κ1) is 20.3. The van der Waals surface area contributed by atoms with Gasteiger partial charge in [-0.05, 0) is 77.2 Å². The van der Waals surface area contributed by atoms with Crippen molar-refractivity contribution in [1.82, 2.24) is 0 Å². The third-order valence-electron chi connectivity index (χ3n) is 3.74. The van der Waals surface area contributed by atoms with Crippen LogP contribution in [0.1, 0.15) is 12.5 Å². The minimum Gasteiger partial charge on any atom is -0.490 e. The van der Waals surface area contributed by atoms with Crippen LogP contribution in [0, 0.1) is 15.9 Å². The van der Waals surface area contributed by atoms with Gasteiger partial charge in [0, 0.05) is 0 Å². The van der Waals surface area contributed by atoms with Crippen molar-refractivity contribution < 1.29 is 19.1 Å². The molecule has 0 unspecified atom stereocenters. The van der Waals surface area contributed by atoms with Gasteiger partial charge < -0.3 is 9.47 Å². The van der Waals surface area contributed by atoms with Crippen molar-refractivity contribution in [2.75, 3.05) is 18.1 Å². The molecule has 0 saturated carbocycles. The molecule has 2 amide bonds. The first-order chi connectivity index (χ1) is 13.5. The summed E-state index contributed by atoms with van der Waals surface area (Å²) < 4.78 is 12.0. The molecule has 0 spiro atoms. The SMILES string of the molecule is C#CCOc1c(I)cc(/C=C2\SC(=O)N(c3ccccc3)C2=O)cc1OCC. The predicted molar refractivity (Wildman–Crippen MR) is 120 cm³/mol. The zero-order chi connectivity index (χ0) is 20.1. The molecule has 5 nitrogen and oxygen atoms in total. The first-order valence-electron chi connectivity index (χ1n) is 8.40. The fourth-order valence-corrected chi connectivity index (χ4v) is 4.23. The van der Waals surface area contributed by atoms with E-state index in [2.05, 4.69) is 28.5 Å². The average molecular weight is 505 g/mol. The van der Waals surface area contributed by atoms with Crippen LogP contribution < -0.4 is 14.4 Å². The van der Waals surface area contributed by atoms with Crippen LogP contribution >= 0.6 is 34.4 Å². The zero-order valence-electron chi connectivity index (χ0n) is 15.0. The molecule has 0 N–H and O–H groups in total. The number of thioether (sulfide) groups is 1. The number of imide groups is 1. The molecule has 0 atom stereocenters. The number of rotatable bonds is 6. The summed E-state index contributed by atoms with van der Waals surface area (Å²) in [4.78, 5) is 26.6. The van der Waals surface area contributed by atoms with Crippen LogP contribution in [0.5, 0.6) is 11.5 Å². The number of benzene rings is 2. The summed E-state index contributed by atoms with van der Waals surface area (Å²) in [6, 6.07) is 12.5. The van der Waals surface area contributed by atoms with Crippen LogP contribution in [-0.4, -0.2) is 24.4 Å². The number of nitrogens with zero attached hydrogens (tertiary/aromatic N) is 1. The largest absolute Gasteiger partial charge is 0.490 e. The van der Waals surface area contributed by atoms with Crippen molar-refractivity contribution in [3.05, 3.63) is 56.5 Å². The lowest BCUT2D eigenvalue weighted by Gasteiger charge is -2.13. The molecular weight excluding hydrogens is 489 g/mol. The highest BCUT2D eigenvalue weighted by molar-refractivity contribution is 14.1. The van der Waals surface area contributed by atoms with Crippen LogP contribution in [0.25, 0.3) is 6.08 Å². The fraction of sp³-hybridized carbons (Fsp3) is 0.143. The van der Waals surface area contributed by atoms with Gasteiger partial charge in [-0.15, -0.1) is 6.42 Å². The molecule has 1 aliphatic rings. The normalized spacial score (nSPS) is 15.0. The van der Waals surface area contributed by atoms with E-state index in [1.807, 2.05) is 19.1 Å². The minimum absolute atomic E-state index is 0.130. The second-order valence-electron chi connectivity index (χ2n) is 5.61. The van der Waals surface area contributed by atoms with Crippen LogP contribution in [0.15, 0.2) is 47.4 Å². The van der Waals surface area contributed by atoms with E-state index in [0.29, 0.717) is 28.7 Å². The Morgan fingerprint density at radius 1 is 1.21 bits per heavy atom. The third-order valence-corrected chi connectivity index (χ3v) is 5.41. The van der Waals surface area contributed by atoms with Crippen LogP contribution in [-0.2, 0) is 4.79 Å². The van der Waals surface area contributed by atoms with Gasteiger partial charge >= 0.3 is 0 Å². The third kappa shape index (κ3) is 4.34. The standard InChI is InChI=1S/C21H16INO4S/c1-3-10-27-19-16(22)11-14(12-17(19)26-4-2)13-18-20(24)23(21(25)28-18)15-8-6-5-7-9-15/h1,5-9,11-13H,4,10H2,2H3/b18-13-. The molecule has 142 valence electrons. The number of terminal acetylenes is 1. The molecule has 0 bridgehead atoms. The summed E-state index contributed by atoms with van der Waals surface area (Å²) in [5.41, 5.74) is 1.29. The van der Waals surface area contributed by atoms with E-state index < -0.39 is 0 Å². The highest BCUT2D eigenvalue weighted by atomic mass is 127. The Kier molecular flexibility index (Phi) is 6.65. The smallest absolute Gasteiger partial charge is 0.298 e. The monoisotopic (exact) mass is 505 g/mol. The van der Waals surface area contributed by atoms with Crippen LogP contribution in [0.3, 0.4) is 0 Å². The van der Waals surface area contributed by atoms with Gasteiger partial charge in [0.2, 0.25) is 0 Å². The number of carbonyl (C=O) groups is 2. The van der Waals surface area contributed by atoms with Gasteiger partial charge in [-0.1, -0.05) is 24.1 Å². The Labute approximate surface area is 181 Å². The van der Waals surface area contributed by atoms with E-state index >= 15 is 0 Å². The lowest BCUT2D eigenvalue weighted by atomic mass is 10.1. The summed E-state index contributed by atoms with van der Waals surface area (Å²) in [5, 5.41) is -0.323. The molecule has 0 aromatic heterocycles. The maximum Gasteiger partial charge on any atom is 0.298 e. The van der Waals surface area contributed by atoms with Crippen molar-refractivity contribution in [2.45, 2.75) is 6.92 Å². The molecule has 1 saturated heterocycles. The van der Waals surface area contributed by atoms with Gasteiger partial charge in [0.25, 0.3) is 11.1 Å². The number of ether oxygens (including phenoxy) is 2. The van der Waals surface area contributed by atoms with E-state index in [-0.39, 0.29) is 17.8 Å². The lowest BCUT2D eigenvalue weighted by Crippen LogP contribution is -2.27. The molecule has 2 aromatic carbocycles. The molecule has 1 heterocycles. The maximum absolute atomic E-state index is 12.8. The number of hydrogen-bond donors (Lipinski definition) is 0. The quantitative estimate of drug-likeness (QED) is 0.316. The van der Waals surface area contributed by atoms with Crippen molar-refractivity contribution in [3.63, 3.8) is 0 Å². The highest BCUT2D eigenvalue weighted by Gasteiger charge is 2.36. The number of amides is 2. The molecule has 3 rings (SSSR count). The van der Waals surface area contributed by atoms with E-state index in [4.69, 9.17) is 15.9 Å². The van der Waals surface area contributed by atoms with Gasteiger partial charge in [-0.3, -0.25) is 9.59 Å². The Hall–Kier alpha value is -2.44. The lowest BCUT2D eigenvalue weighted by molar-refractivity contribution is -0.113. The fourth-order valence-electron chi connectivity index (χ4n) is 2.61. The van der Waals surface area contributed by atoms with E-state index in [1.165, 1.54) is 4.90 Å². The Morgan fingerprint density at radius 2 is 1.96 bits per heavy atom. The summed E-state index contributed by atoms with van der Waals surface area (Å²) in [6.07, 6.45) is 6.96. The van der Waals surface area contributed by atoms with Gasteiger partial charge in [-0.2, -0.15) is 0 Å². The summed E-state index contributed by atoms with van der Waals surface area (Å²) in [6.45, 7) is 2.46. The van der Waals surface area contributed by atoms with Crippen LogP contribution in [0.2, 0.25) is 0 Å². The van der Waals surface area contributed by atoms with Crippen LogP contribution in [0.4, 0.5) is 10.5 Å². The molecule has 1 aliphatic heterocycles. The Balaban J connectivity index is 1.94. The molecule has 7 heteroatoms. The highest BCUT2D eigenvalue weighted by Crippen LogP contribution is 2.38. The molecule has 0 radical (unpaired) electrons. The maximum atomic E-state index is 12.8. The number of carbonyl (C=O) groups excluding carboxylic acids is 2. The first-order valence-corrected chi connectivity index (χ1v) is 10.3. The number of anilines is 1. The van der Waals surface area contributed by atoms with Crippen molar-refractivity contribution >= 4 is 57.3 Å². The number of halogens is 1. The van der Waals surface area contributed by atoms with Crippen molar-refractivity contribution in [2.24, 2.45) is 0 Å². The molecular formula is C21H16INO4S. The van der Waals surface area contributed by atoms with Gasteiger partial charge in [-0.25, -0.2) is 4.90 Å². The minimum atomic E-state index is -0.346. The molecule has 28 heavy (non-hydrogen) atoms. The van der Waals surface area contributed by atoms with Gasteiger partial charge in [0.15, 0.2) is 11.5 Å². The van der Waals surface area contributed by atoms with E-state index in [1.54, 1.807) is 36.4 Å². The average Bonchev–Trinajstić information content (AvgIpc) is 2.95. The number of para-hydroxylation sites is 1. The predicted octanol–water partition coefficient (Wildman–Crippen LogP) is 4.94. The topological polar surface area (TPSA) is 55.8 Å². The van der Waals surface area contributed by atoms with Gasteiger partial charge in [0.1, 0.15) is 6.61 Å². The molecule has 1 fully saturated rings.